The lowest BCUT2D eigenvalue weighted by Crippen LogP contribution is -1.94. The molecular weight excluding hydrogens is 256 g/mol. The van der Waals surface area contributed by atoms with Gasteiger partial charge >= 0.3 is 0 Å². The highest BCUT2D eigenvalue weighted by Gasteiger charge is 2.02. The second-order valence-electron chi connectivity index (χ2n) is 4.27. The first-order valence-corrected chi connectivity index (χ1v) is 6.64. The molecule has 0 saturated carbocycles. The summed E-state index contributed by atoms with van der Waals surface area (Å²) in [7, 11) is 0. The Hall–Kier alpha value is -1.86. The minimum Gasteiger partial charge on any atom is -0.289 e. The van der Waals surface area contributed by atoms with Gasteiger partial charge in [0.2, 0.25) is 0 Å². The molecule has 0 heterocycles. The van der Waals surface area contributed by atoms with Gasteiger partial charge in [0.15, 0.2) is 5.78 Å². The number of halogens is 1. The standard InChI is InChI=1S/C17H15ClO/c1-2-13-7-9-15(10-8-13)17(19)12-11-14-5-3-4-6-16(14)18/h3-12H,2H2,1H3/b12-11+. The SMILES string of the molecule is CCc1ccc(C(=O)/C=C/c2ccccc2Cl)cc1. The third-order valence-electron chi connectivity index (χ3n) is 2.97. The van der Waals surface area contributed by atoms with Crippen LogP contribution in [0.1, 0.15) is 28.4 Å². The number of carbonyl (C=O) groups excluding carboxylic acids is 1. The predicted octanol–water partition coefficient (Wildman–Crippen LogP) is 4.80. The third-order valence-corrected chi connectivity index (χ3v) is 3.31. The second kappa shape index (κ2) is 6.35. The van der Waals surface area contributed by atoms with Gasteiger partial charge < -0.3 is 0 Å². The first-order chi connectivity index (χ1) is 9.20. The van der Waals surface area contributed by atoms with Gasteiger partial charge in [-0.25, -0.2) is 0 Å². The number of allylic oxidation sites excluding steroid dienone is 1. The molecule has 19 heavy (non-hydrogen) atoms. The van der Waals surface area contributed by atoms with Gasteiger partial charge in [-0.1, -0.05) is 61.0 Å². The number of hydrogen-bond acceptors (Lipinski definition) is 1. The fraction of sp³-hybridized carbons (Fsp3) is 0.118. The number of benzene rings is 2. The highest BCUT2D eigenvalue weighted by molar-refractivity contribution is 6.32. The zero-order chi connectivity index (χ0) is 13.7. The molecule has 0 aliphatic heterocycles. The summed E-state index contributed by atoms with van der Waals surface area (Å²) in [6.45, 7) is 2.09. The summed E-state index contributed by atoms with van der Waals surface area (Å²) in [6.07, 6.45) is 4.28. The quantitative estimate of drug-likeness (QED) is 0.576. The first-order valence-electron chi connectivity index (χ1n) is 6.26. The predicted molar refractivity (Wildman–Crippen MR) is 80.6 cm³/mol. The van der Waals surface area contributed by atoms with E-state index in [0.717, 1.165) is 12.0 Å². The monoisotopic (exact) mass is 270 g/mol. The number of rotatable bonds is 4. The lowest BCUT2D eigenvalue weighted by molar-refractivity contribution is 0.104. The van der Waals surface area contributed by atoms with E-state index in [1.165, 1.54) is 5.56 Å². The van der Waals surface area contributed by atoms with Crippen molar-refractivity contribution >= 4 is 23.5 Å². The van der Waals surface area contributed by atoms with E-state index in [2.05, 4.69) is 6.92 Å². The Morgan fingerprint density at radius 3 is 2.42 bits per heavy atom. The van der Waals surface area contributed by atoms with Crippen LogP contribution in [-0.2, 0) is 6.42 Å². The minimum atomic E-state index is -0.0115. The van der Waals surface area contributed by atoms with Crippen LogP contribution in [-0.4, -0.2) is 5.78 Å². The number of carbonyl (C=O) groups is 1. The maximum atomic E-state index is 12.0. The van der Waals surface area contributed by atoms with Crippen LogP contribution in [0.2, 0.25) is 5.02 Å². The largest absolute Gasteiger partial charge is 0.289 e. The number of ketones is 1. The van der Waals surface area contributed by atoms with Crippen LogP contribution in [0.15, 0.2) is 54.6 Å². The van der Waals surface area contributed by atoms with Crippen molar-refractivity contribution in [3.63, 3.8) is 0 Å². The van der Waals surface area contributed by atoms with Crippen LogP contribution in [0.25, 0.3) is 6.08 Å². The summed E-state index contributed by atoms with van der Waals surface area (Å²) in [5.41, 5.74) is 2.77. The topological polar surface area (TPSA) is 17.1 Å². The Kier molecular flexibility index (Phi) is 4.53. The van der Waals surface area contributed by atoms with E-state index in [1.54, 1.807) is 12.2 Å². The van der Waals surface area contributed by atoms with Gasteiger partial charge in [-0.15, -0.1) is 0 Å². The molecule has 2 rings (SSSR count). The van der Waals surface area contributed by atoms with Gasteiger partial charge in [0, 0.05) is 10.6 Å². The highest BCUT2D eigenvalue weighted by atomic mass is 35.5. The molecule has 1 nitrogen and oxygen atoms in total. The minimum absolute atomic E-state index is 0.0115. The van der Waals surface area contributed by atoms with Gasteiger partial charge in [0.05, 0.1) is 0 Å². The summed E-state index contributed by atoms with van der Waals surface area (Å²) in [6, 6.07) is 15.1. The van der Waals surface area contributed by atoms with Gasteiger partial charge in [0.25, 0.3) is 0 Å². The van der Waals surface area contributed by atoms with Crippen molar-refractivity contribution < 1.29 is 4.79 Å². The smallest absolute Gasteiger partial charge is 0.185 e. The van der Waals surface area contributed by atoms with Crippen molar-refractivity contribution in [2.75, 3.05) is 0 Å². The van der Waals surface area contributed by atoms with Crippen LogP contribution in [0.4, 0.5) is 0 Å². The molecule has 0 aliphatic carbocycles. The molecule has 0 unspecified atom stereocenters. The lowest BCUT2D eigenvalue weighted by atomic mass is 10.1. The Morgan fingerprint density at radius 2 is 1.79 bits per heavy atom. The number of hydrogen-bond donors (Lipinski definition) is 0. The molecule has 0 amide bonds. The molecule has 96 valence electrons. The Morgan fingerprint density at radius 1 is 1.11 bits per heavy atom. The molecule has 0 spiro atoms. The lowest BCUT2D eigenvalue weighted by Gasteiger charge is -1.99. The van der Waals surface area contributed by atoms with E-state index in [9.17, 15) is 4.79 Å². The molecule has 0 aromatic heterocycles. The molecule has 0 fully saturated rings. The van der Waals surface area contributed by atoms with Crippen molar-refractivity contribution in [1.29, 1.82) is 0 Å². The second-order valence-corrected chi connectivity index (χ2v) is 4.68. The van der Waals surface area contributed by atoms with Crippen LogP contribution in [0.5, 0.6) is 0 Å². The zero-order valence-corrected chi connectivity index (χ0v) is 11.5. The van der Waals surface area contributed by atoms with Crippen molar-refractivity contribution in [1.82, 2.24) is 0 Å². The summed E-state index contributed by atoms with van der Waals surface area (Å²) in [5, 5.41) is 0.646. The van der Waals surface area contributed by atoms with Crippen molar-refractivity contribution in [3.8, 4) is 0 Å². The van der Waals surface area contributed by atoms with Crippen molar-refractivity contribution in [2.45, 2.75) is 13.3 Å². The van der Waals surface area contributed by atoms with E-state index in [1.807, 2.05) is 48.5 Å². The average Bonchev–Trinajstić information content (AvgIpc) is 2.46. The normalized spacial score (nSPS) is 10.8. The molecule has 0 radical (unpaired) electrons. The Balaban J connectivity index is 2.14. The van der Waals surface area contributed by atoms with Gasteiger partial charge in [-0.05, 0) is 35.8 Å². The molecule has 0 saturated heterocycles. The van der Waals surface area contributed by atoms with Crippen molar-refractivity contribution in [2.24, 2.45) is 0 Å². The summed E-state index contributed by atoms with van der Waals surface area (Å²) >= 11 is 6.03. The average molecular weight is 271 g/mol. The van der Waals surface area contributed by atoms with E-state index in [-0.39, 0.29) is 5.78 Å². The molecule has 0 aliphatic rings. The molecule has 0 atom stereocenters. The molecule has 0 N–H and O–H groups in total. The molecule has 2 aromatic carbocycles. The van der Waals surface area contributed by atoms with E-state index in [4.69, 9.17) is 11.6 Å². The molecule has 2 aromatic rings. The third kappa shape index (κ3) is 3.55. The molecule has 0 bridgehead atoms. The maximum Gasteiger partial charge on any atom is 0.185 e. The van der Waals surface area contributed by atoms with Crippen LogP contribution >= 0.6 is 11.6 Å². The molecule has 2 heteroatoms. The van der Waals surface area contributed by atoms with Crippen LogP contribution < -0.4 is 0 Å². The fourth-order valence-corrected chi connectivity index (χ4v) is 1.98. The Bertz CT molecular complexity index is 597. The van der Waals surface area contributed by atoms with E-state index >= 15 is 0 Å². The van der Waals surface area contributed by atoms with Gasteiger partial charge in [-0.3, -0.25) is 4.79 Å². The summed E-state index contributed by atoms with van der Waals surface area (Å²) < 4.78 is 0. The van der Waals surface area contributed by atoms with E-state index in [0.29, 0.717) is 10.6 Å². The molecular formula is C17H15ClO. The van der Waals surface area contributed by atoms with Crippen LogP contribution in [0.3, 0.4) is 0 Å². The van der Waals surface area contributed by atoms with Gasteiger partial charge in [-0.2, -0.15) is 0 Å². The first kappa shape index (κ1) is 13.6. The summed E-state index contributed by atoms with van der Waals surface area (Å²) in [4.78, 5) is 12.0. The van der Waals surface area contributed by atoms with Crippen molar-refractivity contribution in [3.05, 3.63) is 76.3 Å². The number of aryl methyl sites for hydroxylation is 1. The Labute approximate surface area is 118 Å². The zero-order valence-electron chi connectivity index (χ0n) is 10.8. The summed E-state index contributed by atoms with van der Waals surface area (Å²) in [5.74, 6) is -0.0115. The van der Waals surface area contributed by atoms with Crippen LogP contribution in [0, 0.1) is 0 Å². The van der Waals surface area contributed by atoms with E-state index < -0.39 is 0 Å². The maximum absolute atomic E-state index is 12.0. The highest BCUT2D eigenvalue weighted by Crippen LogP contribution is 2.16. The van der Waals surface area contributed by atoms with Gasteiger partial charge in [0.1, 0.15) is 0 Å². The fourth-order valence-electron chi connectivity index (χ4n) is 1.78.